The molecule has 0 amide bonds. The number of aliphatic hydroxyl groups excluding tert-OH is 1. The van der Waals surface area contributed by atoms with Crippen molar-refractivity contribution < 1.29 is 10.2 Å². The molecule has 17 heavy (non-hydrogen) atoms. The van der Waals surface area contributed by atoms with Gasteiger partial charge in [0, 0.05) is 13.6 Å². The molecule has 0 aliphatic rings. The maximum Gasteiger partial charge on any atom is 0.329 e. The van der Waals surface area contributed by atoms with Crippen molar-refractivity contribution in [2.24, 2.45) is 7.05 Å². The lowest BCUT2D eigenvalue weighted by Gasteiger charge is -2.21. The number of aromatic amines is 1. The number of nitrogens with zero attached hydrogens (tertiary/aromatic N) is 1. The van der Waals surface area contributed by atoms with E-state index in [-0.39, 0.29) is 18.1 Å². The summed E-state index contributed by atoms with van der Waals surface area (Å²) in [7, 11) is 1.41. The highest BCUT2D eigenvalue weighted by Gasteiger charge is 2.20. The van der Waals surface area contributed by atoms with E-state index in [9.17, 15) is 14.7 Å². The van der Waals surface area contributed by atoms with Crippen LogP contribution in [0.2, 0.25) is 0 Å². The van der Waals surface area contributed by atoms with Crippen molar-refractivity contribution in [2.75, 3.05) is 24.2 Å². The van der Waals surface area contributed by atoms with Gasteiger partial charge in [0.1, 0.15) is 17.1 Å². The van der Waals surface area contributed by atoms with Crippen LogP contribution < -0.4 is 22.3 Å². The van der Waals surface area contributed by atoms with Crippen molar-refractivity contribution in [3.05, 3.63) is 20.8 Å². The minimum atomic E-state index is -1.38. The highest BCUT2D eigenvalue weighted by molar-refractivity contribution is 5.60. The van der Waals surface area contributed by atoms with Crippen molar-refractivity contribution in [1.82, 2.24) is 9.55 Å². The van der Waals surface area contributed by atoms with Crippen molar-refractivity contribution >= 4 is 11.5 Å². The van der Waals surface area contributed by atoms with Gasteiger partial charge in [-0.25, -0.2) is 4.79 Å². The van der Waals surface area contributed by atoms with Crippen LogP contribution >= 0.6 is 0 Å². The van der Waals surface area contributed by atoms with E-state index in [1.54, 1.807) is 0 Å². The van der Waals surface area contributed by atoms with Crippen LogP contribution in [0.4, 0.5) is 11.5 Å². The molecule has 0 fully saturated rings. The van der Waals surface area contributed by atoms with E-state index in [0.29, 0.717) is 0 Å². The Bertz CT molecular complexity index is 517. The van der Waals surface area contributed by atoms with Crippen molar-refractivity contribution in [3.8, 4) is 0 Å². The Labute approximate surface area is 96.7 Å². The number of nitrogens with two attached hydrogens (primary N) is 1. The highest BCUT2D eigenvalue weighted by atomic mass is 16.3. The number of aliphatic hydroxyl groups is 2. The third-order valence-corrected chi connectivity index (χ3v) is 2.36. The zero-order valence-electron chi connectivity index (χ0n) is 9.65. The van der Waals surface area contributed by atoms with Gasteiger partial charge in [-0.2, -0.15) is 0 Å². The second kappa shape index (κ2) is 4.60. The van der Waals surface area contributed by atoms with E-state index < -0.39 is 23.5 Å². The smallest absolute Gasteiger partial charge is 0.329 e. The average molecular weight is 244 g/mol. The second-order valence-electron chi connectivity index (χ2n) is 4.09. The maximum absolute atomic E-state index is 11.5. The summed E-state index contributed by atoms with van der Waals surface area (Å²) in [6.45, 7) is 0.852. The monoisotopic (exact) mass is 244 g/mol. The SMILES string of the molecule is Cn1c(N)c(NCC(C)(O)CO)c(=O)[nH]c1=O. The predicted molar refractivity (Wildman–Crippen MR) is 62.9 cm³/mol. The molecular formula is C9H16N4O4. The van der Waals surface area contributed by atoms with Crippen LogP contribution in [-0.2, 0) is 7.05 Å². The first-order valence-electron chi connectivity index (χ1n) is 4.94. The summed E-state index contributed by atoms with van der Waals surface area (Å²) in [4.78, 5) is 24.7. The van der Waals surface area contributed by atoms with Crippen LogP contribution in [0, 0.1) is 0 Å². The van der Waals surface area contributed by atoms with Gasteiger partial charge >= 0.3 is 5.69 Å². The quantitative estimate of drug-likeness (QED) is 0.408. The molecule has 0 saturated heterocycles. The molecule has 1 aromatic heterocycles. The molecule has 0 saturated carbocycles. The lowest BCUT2D eigenvalue weighted by atomic mass is 10.1. The Hall–Kier alpha value is -1.80. The molecule has 1 atom stereocenters. The normalized spacial score (nSPS) is 14.4. The Balaban J connectivity index is 3.05. The Kier molecular flexibility index (Phi) is 3.59. The van der Waals surface area contributed by atoms with Gasteiger partial charge in [0.25, 0.3) is 5.56 Å². The molecule has 8 heteroatoms. The molecule has 0 aromatic carbocycles. The summed E-state index contributed by atoms with van der Waals surface area (Å²) < 4.78 is 1.07. The molecule has 6 N–H and O–H groups in total. The highest BCUT2D eigenvalue weighted by Crippen LogP contribution is 2.10. The number of aromatic nitrogens is 2. The minimum absolute atomic E-state index is 0.0131. The molecular weight excluding hydrogens is 228 g/mol. The van der Waals surface area contributed by atoms with Gasteiger partial charge in [0.15, 0.2) is 0 Å². The topological polar surface area (TPSA) is 133 Å². The van der Waals surface area contributed by atoms with Gasteiger partial charge < -0.3 is 21.3 Å². The largest absolute Gasteiger partial charge is 0.393 e. The van der Waals surface area contributed by atoms with Crippen LogP contribution in [0.25, 0.3) is 0 Å². The summed E-state index contributed by atoms with van der Waals surface area (Å²) in [5.41, 5.74) is 2.91. The van der Waals surface area contributed by atoms with E-state index in [1.807, 2.05) is 0 Å². The van der Waals surface area contributed by atoms with Crippen LogP contribution in [0.15, 0.2) is 9.59 Å². The van der Waals surface area contributed by atoms with Gasteiger partial charge in [-0.15, -0.1) is 0 Å². The molecule has 8 nitrogen and oxygen atoms in total. The van der Waals surface area contributed by atoms with E-state index in [2.05, 4.69) is 10.3 Å². The van der Waals surface area contributed by atoms with Crippen molar-refractivity contribution in [2.45, 2.75) is 12.5 Å². The second-order valence-corrected chi connectivity index (χ2v) is 4.09. The minimum Gasteiger partial charge on any atom is -0.393 e. The average Bonchev–Trinajstić information content (AvgIpc) is 2.26. The fourth-order valence-corrected chi connectivity index (χ4v) is 1.14. The lowest BCUT2D eigenvalue weighted by molar-refractivity contribution is 0.0132. The molecule has 1 heterocycles. The number of rotatable bonds is 4. The van der Waals surface area contributed by atoms with Crippen molar-refractivity contribution in [3.63, 3.8) is 0 Å². The number of hydrogen-bond acceptors (Lipinski definition) is 6. The molecule has 96 valence electrons. The number of nitrogens with one attached hydrogen (secondary N) is 2. The third-order valence-electron chi connectivity index (χ3n) is 2.36. The van der Waals surface area contributed by atoms with E-state index >= 15 is 0 Å². The summed E-state index contributed by atoms with van der Waals surface area (Å²) in [5, 5.41) is 21.0. The number of anilines is 2. The molecule has 1 unspecified atom stereocenters. The number of nitrogen functional groups attached to an aromatic ring is 1. The van der Waals surface area contributed by atoms with E-state index in [1.165, 1.54) is 14.0 Å². The van der Waals surface area contributed by atoms with Crippen LogP contribution in [0.3, 0.4) is 0 Å². The van der Waals surface area contributed by atoms with Gasteiger partial charge in [0.05, 0.1) is 6.61 Å². The van der Waals surface area contributed by atoms with E-state index in [4.69, 9.17) is 10.8 Å². The molecule has 1 aromatic rings. The Morgan fingerprint density at radius 1 is 1.53 bits per heavy atom. The number of H-pyrrole nitrogens is 1. The summed E-state index contributed by atoms with van der Waals surface area (Å²) in [6.07, 6.45) is 0. The molecule has 0 aliphatic carbocycles. The van der Waals surface area contributed by atoms with Gasteiger partial charge in [-0.1, -0.05) is 0 Å². The molecule has 1 rings (SSSR count). The zero-order valence-corrected chi connectivity index (χ0v) is 9.65. The number of hydrogen-bond donors (Lipinski definition) is 5. The first-order chi connectivity index (χ1) is 7.78. The zero-order chi connectivity index (χ0) is 13.2. The fourth-order valence-electron chi connectivity index (χ4n) is 1.14. The maximum atomic E-state index is 11.5. The Morgan fingerprint density at radius 3 is 2.65 bits per heavy atom. The van der Waals surface area contributed by atoms with Crippen molar-refractivity contribution in [1.29, 1.82) is 0 Å². The van der Waals surface area contributed by atoms with E-state index in [0.717, 1.165) is 4.57 Å². The Morgan fingerprint density at radius 2 is 2.12 bits per heavy atom. The van der Waals surface area contributed by atoms with Gasteiger partial charge in [0.2, 0.25) is 0 Å². The molecule has 0 radical (unpaired) electrons. The predicted octanol–water partition coefficient (Wildman–Crippen LogP) is -2.19. The van der Waals surface area contributed by atoms with Gasteiger partial charge in [-0.3, -0.25) is 14.3 Å². The fraction of sp³-hybridized carbons (Fsp3) is 0.556. The molecule has 0 spiro atoms. The molecule has 0 bridgehead atoms. The summed E-state index contributed by atoms with van der Waals surface area (Å²) in [6, 6.07) is 0. The summed E-state index contributed by atoms with van der Waals surface area (Å²) in [5.74, 6) is -0.0347. The van der Waals surface area contributed by atoms with Crippen LogP contribution in [0.5, 0.6) is 0 Å². The standard InChI is InChI=1S/C9H16N4O4/c1-9(17,4-14)3-11-5-6(10)13(2)8(16)12-7(5)15/h11,14,17H,3-4,10H2,1-2H3,(H,12,15,16). The van der Waals surface area contributed by atoms with Gasteiger partial charge in [-0.05, 0) is 6.92 Å². The molecule has 0 aliphatic heterocycles. The first-order valence-corrected chi connectivity index (χ1v) is 4.94. The lowest BCUT2D eigenvalue weighted by Crippen LogP contribution is -2.40. The summed E-state index contributed by atoms with van der Waals surface area (Å²) >= 11 is 0. The first kappa shape index (κ1) is 13.3. The van der Waals surface area contributed by atoms with Crippen LogP contribution in [0.1, 0.15) is 6.92 Å². The van der Waals surface area contributed by atoms with Crippen LogP contribution in [-0.4, -0.2) is 38.5 Å². The third kappa shape index (κ3) is 2.86.